The molecule has 6 nitrogen and oxygen atoms in total. The summed E-state index contributed by atoms with van der Waals surface area (Å²) in [5.74, 6) is 0.917. The fourth-order valence-corrected chi connectivity index (χ4v) is 4.09. The summed E-state index contributed by atoms with van der Waals surface area (Å²) in [6.45, 7) is 4.73. The summed E-state index contributed by atoms with van der Waals surface area (Å²) >= 11 is 0. The van der Waals surface area contributed by atoms with Gasteiger partial charge < -0.3 is 25.2 Å². The predicted molar refractivity (Wildman–Crippen MR) is 113 cm³/mol. The SMILES string of the molecule is CN=C(NCC1(N(C)C)CCOCC1)NC1CCN(c2ccccc2)CC1. The van der Waals surface area contributed by atoms with Gasteiger partial charge in [0.15, 0.2) is 5.96 Å². The lowest BCUT2D eigenvalue weighted by Gasteiger charge is -2.43. The van der Waals surface area contributed by atoms with Crippen LogP contribution in [0.2, 0.25) is 0 Å². The molecule has 1 aromatic rings. The summed E-state index contributed by atoms with van der Waals surface area (Å²) in [6.07, 6.45) is 4.36. The van der Waals surface area contributed by atoms with Crippen molar-refractivity contribution in [3.05, 3.63) is 30.3 Å². The minimum absolute atomic E-state index is 0.145. The lowest BCUT2D eigenvalue weighted by molar-refractivity contribution is -0.00503. The summed E-state index contributed by atoms with van der Waals surface area (Å²) in [6, 6.07) is 11.2. The molecule has 2 heterocycles. The van der Waals surface area contributed by atoms with E-state index in [4.69, 9.17) is 4.74 Å². The van der Waals surface area contributed by atoms with E-state index in [1.807, 2.05) is 7.05 Å². The van der Waals surface area contributed by atoms with Gasteiger partial charge in [0.1, 0.15) is 0 Å². The first kappa shape index (κ1) is 20.0. The van der Waals surface area contributed by atoms with Crippen molar-refractivity contribution in [3.63, 3.8) is 0 Å². The van der Waals surface area contributed by atoms with Crippen molar-refractivity contribution in [2.45, 2.75) is 37.3 Å². The number of para-hydroxylation sites is 1. The first-order valence-corrected chi connectivity index (χ1v) is 10.2. The molecule has 0 spiro atoms. The molecule has 0 radical (unpaired) electrons. The number of rotatable bonds is 5. The number of piperidine rings is 1. The number of aliphatic imine (C=N–C) groups is 1. The van der Waals surface area contributed by atoms with Crippen molar-refractivity contribution < 1.29 is 4.74 Å². The van der Waals surface area contributed by atoms with Crippen LogP contribution in [-0.2, 0) is 4.74 Å². The van der Waals surface area contributed by atoms with Crippen LogP contribution in [0.3, 0.4) is 0 Å². The molecule has 0 aliphatic carbocycles. The van der Waals surface area contributed by atoms with Crippen molar-refractivity contribution in [3.8, 4) is 0 Å². The van der Waals surface area contributed by atoms with Crippen LogP contribution in [0.25, 0.3) is 0 Å². The fourth-order valence-electron chi connectivity index (χ4n) is 4.09. The van der Waals surface area contributed by atoms with Gasteiger partial charge in [0, 0.05) is 57.2 Å². The molecule has 0 aromatic heterocycles. The Morgan fingerprint density at radius 1 is 1.19 bits per heavy atom. The van der Waals surface area contributed by atoms with Crippen LogP contribution in [0.4, 0.5) is 5.69 Å². The topological polar surface area (TPSA) is 52.1 Å². The molecule has 2 N–H and O–H groups in total. The van der Waals surface area contributed by atoms with E-state index < -0.39 is 0 Å². The molecule has 2 fully saturated rings. The van der Waals surface area contributed by atoms with E-state index in [0.29, 0.717) is 6.04 Å². The van der Waals surface area contributed by atoms with Crippen LogP contribution in [0.15, 0.2) is 35.3 Å². The molecule has 27 heavy (non-hydrogen) atoms. The number of anilines is 1. The van der Waals surface area contributed by atoms with E-state index in [1.54, 1.807) is 0 Å². The Balaban J connectivity index is 1.48. The minimum atomic E-state index is 0.145. The summed E-state index contributed by atoms with van der Waals surface area (Å²) in [4.78, 5) is 9.28. The average molecular weight is 374 g/mol. The van der Waals surface area contributed by atoms with Crippen LogP contribution < -0.4 is 15.5 Å². The van der Waals surface area contributed by atoms with E-state index in [0.717, 1.165) is 64.5 Å². The number of hydrogen-bond acceptors (Lipinski definition) is 4. The third kappa shape index (κ3) is 5.14. The van der Waals surface area contributed by atoms with Gasteiger partial charge in [0.2, 0.25) is 0 Å². The largest absolute Gasteiger partial charge is 0.381 e. The quantitative estimate of drug-likeness (QED) is 0.610. The third-order valence-corrected chi connectivity index (χ3v) is 6.14. The van der Waals surface area contributed by atoms with E-state index in [-0.39, 0.29) is 5.54 Å². The lowest BCUT2D eigenvalue weighted by atomic mass is 9.88. The van der Waals surface area contributed by atoms with Crippen LogP contribution in [0, 0.1) is 0 Å². The van der Waals surface area contributed by atoms with Crippen molar-refractivity contribution in [1.29, 1.82) is 0 Å². The van der Waals surface area contributed by atoms with Gasteiger partial charge in [-0.15, -0.1) is 0 Å². The van der Waals surface area contributed by atoms with Gasteiger partial charge in [-0.3, -0.25) is 4.99 Å². The Hall–Kier alpha value is -1.79. The highest BCUT2D eigenvalue weighted by Crippen LogP contribution is 2.25. The molecule has 150 valence electrons. The molecule has 0 atom stereocenters. The van der Waals surface area contributed by atoms with Crippen molar-refractivity contribution in [2.75, 3.05) is 58.9 Å². The van der Waals surface area contributed by atoms with Gasteiger partial charge >= 0.3 is 0 Å². The number of hydrogen-bond donors (Lipinski definition) is 2. The molecular formula is C21H35N5O. The fraction of sp³-hybridized carbons (Fsp3) is 0.667. The van der Waals surface area contributed by atoms with E-state index >= 15 is 0 Å². The zero-order chi connectivity index (χ0) is 19.1. The molecule has 2 aliphatic heterocycles. The summed E-state index contributed by atoms with van der Waals surface area (Å²) in [5, 5.41) is 7.22. The molecule has 0 saturated carbocycles. The number of likely N-dealkylation sites (N-methyl/N-ethyl adjacent to an activating group) is 1. The second-order valence-electron chi connectivity index (χ2n) is 7.90. The smallest absolute Gasteiger partial charge is 0.191 e. The number of nitrogens with one attached hydrogen (secondary N) is 2. The van der Waals surface area contributed by atoms with Gasteiger partial charge in [0.05, 0.1) is 0 Å². The predicted octanol–water partition coefficient (Wildman–Crippen LogP) is 1.93. The normalized spacial score (nSPS) is 21.3. The second kappa shape index (κ2) is 9.42. The number of nitrogens with zero attached hydrogens (tertiary/aromatic N) is 3. The van der Waals surface area contributed by atoms with Gasteiger partial charge in [0.25, 0.3) is 0 Å². The van der Waals surface area contributed by atoms with Crippen molar-refractivity contribution in [2.24, 2.45) is 4.99 Å². The maximum absolute atomic E-state index is 5.57. The van der Waals surface area contributed by atoms with E-state index in [1.165, 1.54) is 5.69 Å². The standard InChI is InChI=1S/C21H35N5O/c1-22-20(23-17-21(25(2)3)11-15-27-16-12-21)24-18-9-13-26(14-10-18)19-7-5-4-6-8-19/h4-8,18H,9-17H2,1-3H3,(H2,22,23,24). The summed E-state index contributed by atoms with van der Waals surface area (Å²) in [5.41, 5.74) is 1.47. The Morgan fingerprint density at radius 3 is 2.44 bits per heavy atom. The molecule has 2 aliphatic rings. The molecular weight excluding hydrogens is 338 g/mol. The van der Waals surface area contributed by atoms with Crippen LogP contribution in [0.5, 0.6) is 0 Å². The van der Waals surface area contributed by atoms with Crippen LogP contribution in [0.1, 0.15) is 25.7 Å². The first-order valence-electron chi connectivity index (χ1n) is 10.2. The van der Waals surface area contributed by atoms with Crippen molar-refractivity contribution >= 4 is 11.6 Å². The highest BCUT2D eigenvalue weighted by molar-refractivity contribution is 5.80. The average Bonchev–Trinajstić information content (AvgIpc) is 2.73. The molecule has 1 aromatic carbocycles. The Kier molecular flexibility index (Phi) is 6.96. The minimum Gasteiger partial charge on any atom is -0.381 e. The Morgan fingerprint density at radius 2 is 1.85 bits per heavy atom. The van der Waals surface area contributed by atoms with Crippen LogP contribution in [-0.4, -0.2) is 76.4 Å². The molecule has 0 amide bonds. The zero-order valence-corrected chi connectivity index (χ0v) is 17.1. The molecule has 0 bridgehead atoms. The summed E-state index contributed by atoms with van der Waals surface area (Å²) < 4.78 is 5.57. The first-order chi connectivity index (χ1) is 13.1. The van der Waals surface area contributed by atoms with Gasteiger partial charge in [-0.1, -0.05) is 18.2 Å². The number of ether oxygens (including phenoxy) is 1. The Labute approximate surface area is 164 Å². The van der Waals surface area contributed by atoms with Gasteiger partial charge in [-0.2, -0.15) is 0 Å². The third-order valence-electron chi connectivity index (χ3n) is 6.14. The number of guanidine groups is 1. The molecule has 2 saturated heterocycles. The molecule has 3 rings (SSSR count). The monoisotopic (exact) mass is 373 g/mol. The number of benzene rings is 1. The highest BCUT2D eigenvalue weighted by atomic mass is 16.5. The van der Waals surface area contributed by atoms with E-state index in [2.05, 4.69) is 69.9 Å². The molecule has 6 heteroatoms. The summed E-state index contributed by atoms with van der Waals surface area (Å²) in [7, 11) is 6.20. The molecule has 0 unspecified atom stereocenters. The lowest BCUT2D eigenvalue weighted by Crippen LogP contribution is -2.58. The maximum atomic E-state index is 5.57. The van der Waals surface area contributed by atoms with Crippen molar-refractivity contribution in [1.82, 2.24) is 15.5 Å². The van der Waals surface area contributed by atoms with Gasteiger partial charge in [-0.25, -0.2) is 0 Å². The van der Waals surface area contributed by atoms with E-state index in [9.17, 15) is 0 Å². The maximum Gasteiger partial charge on any atom is 0.191 e. The highest BCUT2D eigenvalue weighted by Gasteiger charge is 2.35. The van der Waals surface area contributed by atoms with Gasteiger partial charge in [-0.05, 0) is 51.9 Å². The second-order valence-corrected chi connectivity index (χ2v) is 7.90. The Bertz CT molecular complexity index is 590. The zero-order valence-electron chi connectivity index (χ0n) is 17.1. The van der Waals surface area contributed by atoms with Crippen LogP contribution >= 0.6 is 0 Å².